The molecular formula is C55H63ClF2N6O9S. The molecule has 1 saturated heterocycles. The van der Waals surface area contributed by atoms with Crippen molar-refractivity contribution in [3.8, 4) is 40.2 Å². The Hall–Kier alpha value is -5.78. The van der Waals surface area contributed by atoms with E-state index in [-0.39, 0.29) is 48.8 Å². The number of carbonyl (C=O) groups is 1. The molecule has 1 aliphatic carbocycles. The van der Waals surface area contributed by atoms with Gasteiger partial charge in [-0.3, -0.25) is 4.90 Å². The largest absolute Gasteiger partial charge is 0.490 e. The first kappa shape index (κ1) is 54.5. The number of rotatable bonds is 17. The van der Waals surface area contributed by atoms with Crippen LogP contribution < -0.4 is 14.2 Å². The van der Waals surface area contributed by atoms with Crippen LogP contribution in [0.25, 0.3) is 26.2 Å². The van der Waals surface area contributed by atoms with Gasteiger partial charge in [0, 0.05) is 74.4 Å². The molecule has 2 bridgehead atoms. The van der Waals surface area contributed by atoms with Gasteiger partial charge in [0.2, 0.25) is 12.0 Å². The number of likely N-dealkylation sites (N-methyl/N-ethyl adjacent to an activating group) is 1. The van der Waals surface area contributed by atoms with Crippen LogP contribution in [0.3, 0.4) is 0 Å². The quantitative estimate of drug-likeness (QED) is 0.0693. The van der Waals surface area contributed by atoms with Crippen LogP contribution in [0, 0.1) is 18.2 Å². The van der Waals surface area contributed by atoms with Gasteiger partial charge in [-0.25, -0.2) is 33.5 Å². The van der Waals surface area contributed by atoms with Crippen molar-refractivity contribution in [2.24, 2.45) is 0 Å². The van der Waals surface area contributed by atoms with Crippen molar-refractivity contribution in [3.05, 3.63) is 106 Å². The molecule has 2 atom stereocenters. The number of aliphatic carboxylic acids is 1. The van der Waals surface area contributed by atoms with Gasteiger partial charge in [0.15, 0.2) is 5.76 Å². The van der Waals surface area contributed by atoms with Gasteiger partial charge >= 0.3 is 5.97 Å². The highest BCUT2D eigenvalue weighted by Gasteiger charge is 2.37. The Labute approximate surface area is 439 Å². The van der Waals surface area contributed by atoms with E-state index < -0.39 is 29.7 Å². The molecule has 0 amide bonds. The zero-order valence-corrected chi connectivity index (χ0v) is 43.8. The topological polar surface area (TPSA) is 160 Å². The molecule has 19 heteroatoms. The van der Waals surface area contributed by atoms with Crippen molar-refractivity contribution < 1.29 is 51.8 Å². The number of nitrogens with zero attached hydrogens (tertiary/aromatic N) is 6. The summed E-state index contributed by atoms with van der Waals surface area (Å²) in [7, 11) is 3.69. The molecule has 5 heterocycles. The number of thiophene rings is 1. The second-order valence-corrected chi connectivity index (χ2v) is 20.1. The number of fused-ring (bicyclic) bond motifs is 2. The van der Waals surface area contributed by atoms with Crippen LogP contribution in [0.1, 0.15) is 74.5 Å². The lowest BCUT2D eigenvalue weighted by atomic mass is 9.80. The van der Waals surface area contributed by atoms with Crippen molar-refractivity contribution >= 4 is 44.7 Å². The molecule has 8 rings (SSSR count). The Balaban J connectivity index is 1.11. The molecule has 394 valence electrons. The SMILES string of the molecule is C#C/C1=C(Cl)\C(C)=C(/CC)c2c(-c3ccc(F)cc3)sc3ncnc(c23)O[C@@H](C(=O)O)Cc2cc(ccc2OCc2ccnc(C3CCC(F)(COCCOCCOC)CC3)n2)OC[C@@H](CN2CCN(C)CC2)O1. The summed E-state index contributed by atoms with van der Waals surface area (Å²) < 4.78 is 72.3. The number of halogens is 3. The molecule has 3 aliphatic rings. The molecule has 0 unspecified atom stereocenters. The number of aromatic nitrogens is 4. The number of hydrogen-bond donors (Lipinski definition) is 1. The molecule has 5 aromatic rings. The van der Waals surface area contributed by atoms with Crippen LogP contribution in [-0.2, 0) is 36.8 Å². The Kier molecular flexibility index (Phi) is 18.9. The van der Waals surface area contributed by atoms with Gasteiger partial charge in [0.05, 0.1) is 49.1 Å². The van der Waals surface area contributed by atoms with Crippen LogP contribution in [-0.4, -0.2) is 145 Å². The van der Waals surface area contributed by atoms with Crippen LogP contribution in [0.2, 0.25) is 0 Å². The number of terminal acetylenes is 1. The lowest BCUT2D eigenvalue weighted by Crippen LogP contribution is -2.48. The van der Waals surface area contributed by atoms with Gasteiger partial charge in [-0.1, -0.05) is 30.7 Å². The molecule has 2 aromatic carbocycles. The third kappa shape index (κ3) is 13.7. The summed E-state index contributed by atoms with van der Waals surface area (Å²) in [5.41, 5.74) is 2.32. The first-order valence-electron chi connectivity index (χ1n) is 25.0. The average Bonchev–Trinajstić information content (AvgIpc) is 3.79. The number of methoxy groups -OCH3 is 1. The van der Waals surface area contributed by atoms with Gasteiger partial charge in [-0.05, 0) is 105 Å². The maximum Gasteiger partial charge on any atom is 0.345 e. The summed E-state index contributed by atoms with van der Waals surface area (Å²) in [5.74, 6) is 2.56. The molecule has 2 aliphatic heterocycles. The van der Waals surface area contributed by atoms with E-state index in [1.807, 2.05) is 13.8 Å². The summed E-state index contributed by atoms with van der Waals surface area (Å²) in [6.07, 6.45) is 9.16. The number of piperazine rings is 1. The average molecular weight is 1060 g/mol. The number of carboxylic acids is 1. The van der Waals surface area contributed by atoms with Crippen molar-refractivity contribution in [3.63, 3.8) is 0 Å². The Morgan fingerprint density at radius 1 is 1.01 bits per heavy atom. The summed E-state index contributed by atoms with van der Waals surface area (Å²) >= 11 is 8.64. The minimum Gasteiger partial charge on any atom is -0.490 e. The van der Waals surface area contributed by atoms with Crippen molar-refractivity contribution in [1.29, 1.82) is 0 Å². The highest BCUT2D eigenvalue weighted by Crippen LogP contribution is 2.48. The minimum atomic E-state index is -1.48. The first-order chi connectivity index (χ1) is 35.8. The third-order valence-corrected chi connectivity index (χ3v) is 15.2. The smallest absolute Gasteiger partial charge is 0.345 e. The molecular weight excluding hydrogens is 994 g/mol. The van der Waals surface area contributed by atoms with Crippen molar-refractivity contribution in [1.82, 2.24) is 29.7 Å². The van der Waals surface area contributed by atoms with Gasteiger partial charge in [-0.2, -0.15) is 0 Å². The summed E-state index contributed by atoms with van der Waals surface area (Å²) in [5, 5.41) is 11.6. The van der Waals surface area contributed by atoms with Crippen LogP contribution in [0.15, 0.2) is 77.4 Å². The minimum absolute atomic E-state index is 0.000381. The van der Waals surface area contributed by atoms with Gasteiger partial charge in [0.1, 0.15) is 59.3 Å². The fourth-order valence-electron chi connectivity index (χ4n) is 9.42. The third-order valence-electron chi connectivity index (χ3n) is 13.6. The predicted molar refractivity (Wildman–Crippen MR) is 279 cm³/mol. The second kappa shape index (κ2) is 25.6. The number of allylic oxidation sites excluding steroid dienone is 4. The molecule has 1 saturated carbocycles. The maximum atomic E-state index is 15.8. The number of ether oxygens (including phenoxy) is 7. The molecule has 2 fully saturated rings. The van der Waals surface area contributed by atoms with Gasteiger partial charge < -0.3 is 43.2 Å². The van der Waals surface area contributed by atoms with Gasteiger partial charge in [0.25, 0.3) is 0 Å². The van der Waals surface area contributed by atoms with Gasteiger partial charge in [-0.15, -0.1) is 17.8 Å². The van der Waals surface area contributed by atoms with Crippen LogP contribution in [0.4, 0.5) is 8.78 Å². The molecule has 0 spiro atoms. The Bertz CT molecular complexity index is 2830. The fourth-order valence-corrected chi connectivity index (χ4v) is 10.8. The standard InChI is InChI=1S/C55H63ClF2N6O9S/c1-6-43-35(3)49(56)44(7-2)72-42(30-64-22-20-63(4)21-23-64)32-70-41-12-13-45(71-31-40-16-19-59-51(62-40)37-14-17-55(58,18-15-37)33-69-27-26-68-25-24-67-5)38(28-41)29-46(54(65)66)73-52-48-47(43)50(74-53(48)61-34-60-52)36-8-10-39(57)11-9-36/h2,8-13,16,19,28,34,37,42,46H,6,14-15,17-18,20-27,29-33H2,1,3-5H3,(H,65,66)/b43-35+,49-44-/t37?,42-,46-,55?/m1/s1. The summed E-state index contributed by atoms with van der Waals surface area (Å²) in [6.45, 7) is 9.39. The van der Waals surface area contributed by atoms with E-state index in [2.05, 4.69) is 37.7 Å². The zero-order chi connectivity index (χ0) is 52.2. The van der Waals surface area contributed by atoms with E-state index in [0.29, 0.717) is 121 Å². The van der Waals surface area contributed by atoms with E-state index in [1.54, 1.807) is 49.7 Å². The van der Waals surface area contributed by atoms with Crippen molar-refractivity contribution in [2.75, 3.05) is 86.5 Å². The molecule has 3 aromatic heterocycles. The number of carboxylic acid groups (broad SMARTS) is 1. The predicted octanol–water partition coefficient (Wildman–Crippen LogP) is 9.28. The Morgan fingerprint density at radius 3 is 2.50 bits per heavy atom. The monoisotopic (exact) mass is 1060 g/mol. The first-order valence-corrected chi connectivity index (χ1v) is 26.2. The van der Waals surface area contributed by atoms with E-state index in [0.717, 1.165) is 36.6 Å². The summed E-state index contributed by atoms with van der Waals surface area (Å²) in [6, 6.07) is 13.1. The van der Waals surface area contributed by atoms with E-state index in [4.69, 9.17) is 56.2 Å². The normalized spacial score (nSPS) is 23.3. The number of hydrogen-bond acceptors (Lipinski definition) is 15. The summed E-state index contributed by atoms with van der Waals surface area (Å²) in [4.78, 5) is 37.8. The van der Waals surface area contributed by atoms with Crippen LogP contribution in [0.5, 0.6) is 17.4 Å². The second-order valence-electron chi connectivity index (χ2n) is 18.8. The fraction of sp³-hybridized carbons (Fsp3) is 0.473. The zero-order valence-electron chi connectivity index (χ0n) is 42.2. The molecule has 74 heavy (non-hydrogen) atoms. The van der Waals surface area contributed by atoms with E-state index in [9.17, 15) is 14.3 Å². The highest BCUT2D eigenvalue weighted by molar-refractivity contribution is 7.22. The highest BCUT2D eigenvalue weighted by atomic mass is 35.5. The van der Waals surface area contributed by atoms with Crippen molar-refractivity contribution in [2.45, 2.75) is 82.8 Å². The maximum absolute atomic E-state index is 15.8. The lowest BCUT2D eigenvalue weighted by Gasteiger charge is -2.34. The lowest BCUT2D eigenvalue weighted by molar-refractivity contribution is -0.145. The molecule has 15 nitrogen and oxygen atoms in total. The van der Waals surface area contributed by atoms with E-state index in [1.165, 1.54) is 29.8 Å². The number of alkyl halides is 1. The Morgan fingerprint density at radius 2 is 1.77 bits per heavy atom. The van der Waals surface area contributed by atoms with E-state index >= 15 is 4.39 Å². The molecule has 0 radical (unpaired) electrons. The molecule has 1 N–H and O–H groups in total. The van der Waals surface area contributed by atoms with Crippen LogP contribution >= 0.6 is 22.9 Å². The number of benzene rings is 2.